The zero-order valence-electron chi connectivity index (χ0n) is 17.7. The summed E-state index contributed by atoms with van der Waals surface area (Å²) in [6.45, 7) is 1.76. The van der Waals surface area contributed by atoms with Crippen molar-refractivity contribution in [1.29, 1.82) is 0 Å². The fourth-order valence-corrected chi connectivity index (χ4v) is 5.91. The van der Waals surface area contributed by atoms with Crippen LogP contribution in [-0.2, 0) is 0 Å². The number of hydrogen-bond acceptors (Lipinski definition) is 5. The van der Waals surface area contributed by atoms with E-state index in [0.717, 1.165) is 47.5 Å². The molecule has 32 heavy (non-hydrogen) atoms. The minimum atomic E-state index is -0.248. The Kier molecular flexibility index (Phi) is 4.84. The molecule has 8 heteroatoms. The van der Waals surface area contributed by atoms with Gasteiger partial charge in [0.25, 0.3) is 5.91 Å². The van der Waals surface area contributed by atoms with E-state index in [-0.39, 0.29) is 18.0 Å². The molecule has 3 aromatic rings. The molecule has 0 spiro atoms. The van der Waals surface area contributed by atoms with Crippen LogP contribution in [-0.4, -0.2) is 36.1 Å². The van der Waals surface area contributed by atoms with Crippen molar-refractivity contribution in [3.8, 4) is 0 Å². The third-order valence-electron chi connectivity index (χ3n) is 6.79. The molecule has 2 aromatic heterocycles. The van der Waals surface area contributed by atoms with Crippen molar-refractivity contribution in [3.05, 3.63) is 47.0 Å². The van der Waals surface area contributed by atoms with E-state index < -0.39 is 0 Å². The Bertz CT molecular complexity index is 1210. The highest BCUT2D eigenvalue weighted by Gasteiger charge is 2.33. The smallest absolute Gasteiger partial charge is 0.331 e. The molecule has 4 heterocycles. The summed E-state index contributed by atoms with van der Waals surface area (Å²) in [5.74, 6) is 0.435. The fraction of sp³-hybridized carbons (Fsp3) is 0.375. The van der Waals surface area contributed by atoms with Crippen molar-refractivity contribution in [2.45, 2.75) is 44.1 Å². The summed E-state index contributed by atoms with van der Waals surface area (Å²) < 4.78 is 0. The fourth-order valence-electron chi connectivity index (χ4n) is 4.89. The maximum absolute atomic E-state index is 13.3. The number of hydrogen-bond donors (Lipinski definition) is 3. The number of aromatic nitrogens is 1. The molecule has 6 rings (SSSR count). The maximum atomic E-state index is 13.3. The first-order valence-corrected chi connectivity index (χ1v) is 12.1. The van der Waals surface area contributed by atoms with Gasteiger partial charge in [-0.2, -0.15) is 0 Å². The molecule has 3 N–H and O–H groups in total. The second kappa shape index (κ2) is 7.86. The molecule has 0 radical (unpaired) electrons. The van der Waals surface area contributed by atoms with Crippen LogP contribution < -0.4 is 20.9 Å². The summed E-state index contributed by atoms with van der Waals surface area (Å²) in [7, 11) is 0. The van der Waals surface area contributed by atoms with Crippen LogP contribution in [0, 0.1) is 0 Å². The molecule has 1 aromatic carbocycles. The molecule has 1 aliphatic carbocycles. The summed E-state index contributed by atoms with van der Waals surface area (Å²) in [4.78, 5) is 33.9. The second-order valence-corrected chi connectivity index (χ2v) is 9.82. The van der Waals surface area contributed by atoms with Gasteiger partial charge in [-0.3, -0.25) is 9.69 Å². The largest absolute Gasteiger partial charge is 0.347 e. The molecule has 1 saturated heterocycles. The van der Waals surface area contributed by atoms with Crippen molar-refractivity contribution < 1.29 is 9.59 Å². The van der Waals surface area contributed by atoms with Crippen LogP contribution in [0.25, 0.3) is 10.2 Å². The van der Waals surface area contributed by atoms with Gasteiger partial charge in [0.15, 0.2) is 0 Å². The summed E-state index contributed by atoms with van der Waals surface area (Å²) >= 11 is 1.33. The number of amides is 3. The van der Waals surface area contributed by atoms with Crippen LogP contribution in [0.2, 0.25) is 0 Å². The van der Waals surface area contributed by atoms with Gasteiger partial charge >= 0.3 is 6.03 Å². The topological polar surface area (TPSA) is 86.4 Å². The van der Waals surface area contributed by atoms with Crippen molar-refractivity contribution in [2.75, 3.05) is 23.3 Å². The van der Waals surface area contributed by atoms with Gasteiger partial charge in [0.05, 0.1) is 22.4 Å². The van der Waals surface area contributed by atoms with E-state index in [0.29, 0.717) is 16.5 Å². The molecule has 164 valence electrons. The average Bonchev–Trinajstić information content (AvgIpc) is 3.13. The monoisotopic (exact) mass is 447 g/mol. The Labute approximate surface area is 190 Å². The van der Waals surface area contributed by atoms with E-state index in [1.807, 2.05) is 18.2 Å². The van der Waals surface area contributed by atoms with E-state index in [1.54, 1.807) is 11.1 Å². The SMILES string of the molecule is O=C(NC1CCCNC1)c1sc2nccc3c2c1NC(=O)N3c1cccc(C2CCC2)c1. The van der Waals surface area contributed by atoms with Gasteiger partial charge < -0.3 is 16.0 Å². The van der Waals surface area contributed by atoms with Crippen LogP contribution in [0.15, 0.2) is 36.5 Å². The molecule has 3 aliphatic rings. The number of thiophene rings is 1. The third-order valence-corrected chi connectivity index (χ3v) is 7.89. The van der Waals surface area contributed by atoms with E-state index in [9.17, 15) is 9.59 Å². The van der Waals surface area contributed by atoms with E-state index in [4.69, 9.17) is 0 Å². The van der Waals surface area contributed by atoms with Gasteiger partial charge in [-0.05, 0) is 61.9 Å². The predicted octanol–water partition coefficient (Wildman–Crippen LogP) is 4.73. The predicted molar refractivity (Wildman–Crippen MR) is 127 cm³/mol. The zero-order chi connectivity index (χ0) is 21.7. The highest BCUT2D eigenvalue weighted by atomic mass is 32.1. The lowest BCUT2D eigenvalue weighted by molar-refractivity contribution is 0.0935. The van der Waals surface area contributed by atoms with Crippen LogP contribution in [0.4, 0.5) is 21.9 Å². The van der Waals surface area contributed by atoms with E-state index >= 15 is 0 Å². The minimum Gasteiger partial charge on any atom is -0.347 e. The molecule has 3 amide bonds. The van der Waals surface area contributed by atoms with Gasteiger partial charge in [-0.25, -0.2) is 9.78 Å². The number of carbonyl (C=O) groups excluding carboxylic acids is 2. The average molecular weight is 448 g/mol. The molecule has 1 atom stereocenters. The van der Waals surface area contributed by atoms with Gasteiger partial charge in [0.2, 0.25) is 0 Å². The highest BCUT2D eigenvalue weighted by molar-refractivity contribution is 7.21. The number of pyridine rings is 1. The zero-order valence-corrected chi connectivity index (χ0v) is 18.5. The quantitative estimate of drug-likeness (QED) is 0.540. The van der Waals surface area contributed by atoms with Gasteiger partial charge in [-0.15, -0.1) is 11.3 Å². The molecular formula is C24H25N5O2S. The van der Waals surface area contributed by atoms with Crippen LogP contribution >= 0.6 is 11.3 Å². The Morgan fingerprint density at radius 1 is 1.19 bits per heavy atom. The number of nitrogens with one attached hydrogen (secondary N) is 3. The molecule has 1 saturated carbocycles. The number of nitrogens with zero attached hydrogens (tertiary/aromatic N) is 2. The number of benzene rings is 1. The number of piperidine rings is 1. The highest BCUT2D eigenvalue weighted by Crippen LogP contribution is 2.46. The normalized spacial score (nSPS) is 20.7. The Balaban J connectivity index is 1.38. The summed E-state index contributed by atoms with van der Waals surface area (Å²) in [6.07, 6.45) is 7.40. The van der Waals surface area contributed by atoms with Crippen LogP contribution in [0.3, 0.4) is 0 Å². The molecular weight excluding hydrogens is 422 g/mol. The van der Waals surface area contributed by atoms with Crippen molar-refractivity contribution in [3.63, 3.8) is 0 Å². The lowest BCUT2D eigenvalue weighted by Gasteiger charge is -2.30. The van der Waals surface area contributed by atoms with Crippen molar-refractivity contribution in [2.24, 2.45) is 0 Å². The van der Waals surface area contributed by atoms with E-state index in [2.05, 4.69) is 33.1 Å². The van der Waals surface area contributed by atoms with Gasteiger partial charge in [0, 0.05) is 18.8 Å². The lowest BCUT2D eigenvalue weighted by Crippen LogP contribution is -2.45. The summed E-state index contributed by atoms with van der Waals surface area (Å²) in [5, 5.41) is 10.3. The van der Waals surface area contributed by atoms with Crippen molar-refractivity contribution >= 4 is 50.6 Å². The Morgan fingerprint density at radius 2 is 2.09 bits per heavy atom. The summed E-state index contributed by atoms with van der Waals surface area (Å²) in [6, 6.07) is 9.98. The number of urea groups is 1. The first-order chi connectivity index (χ1) is 15.7. The maximum Gasteiger partial charge on any atom is 0.331 e. The lowest BCUT2D eigenvalue weighted by atomic mass is 9.80. The second-order valence-electron chi connectivity index (χ2n) is 8.82. The first kappa shape index (κ1) is 19.7. The molecule has 0 bridgehead atoms. The van der Waals surface area contributed by atoms with Crippen molar-refractivity contribution in [1.82, 2.24) is 15.6 Å². The molecule has 7 nitrogen and oxygen atoms in total. The number of carbonyl (C=O) groups is 2. The molecule has 2 fully saturated rings. The van der Waals surface area contributed by atoms with Crippen LogP contribution in [0.1, 0.15) is 53.3 Å². The molecule has 2 aliphatic heterocycles. The Morgan fingerprint density at radius 3 is 2.88 bits per heavy atom. The Hall–Kier alpha value is -2.97. The van der Waals surface area contributed by atoms with Crippen LogP contribution in [0.5, 0.6) is 0 Å². The van der Waals surface area contributed by atoms with Gasteiger partial charge in [-0.1, -0.05) is 18.6 Å². The molecule has 1 unspecified atom stereocenters. The first-order valence-electron chi connectivity index (χ1n) is 11.3. The van der Waals surface area contributed by atoms with Gasteiger partial charge in [0.1, 0.15) is 9.71 Å². The standard InChI is InChI=1S/C24H25N5O2S/c30-22(27-16-7-3-10-25-13-16)21-20-19-18(9-11-26-23(19)32-21)29(24(31)28-20)17-8-2-6-15(12-17)14-4-1-5-14/h2,6,8-9,11-12,14,16,25H,1,3-5,7,10,13H2,(H,27,30)(H,28,31). The third kappa shape index (κ3) is 3.25. The number of anilines is 3. The van der Waals surface area contributed by atoms with E-state index in [1.165, 1.54) is 36.2 Å². The summed E-state index contributed by atoms with van der Waals surface area (Å²) in [5.41, 5.74) is 3.47. The minimum absolute atomic E-state index is 0.103. The number of rotatable bonds is 4.